The molecule has 2 N–H and O–H groups in total. The molecule has 0 atom stereocenters. The second-order valence-corrected chi connectivity index (χ2v) is 6.97. The highest BCUT2D eigenvalue weighted by Gasteiger charge is 2.22. The van der Waals surface area contributed by atoms with E-state index in [1.54, 1.807) is 0 Å². The monoisotopic (exact) mass is 385 g/mol. The van der Waals surface area contributed by atoms with E-state index in [4.69, 9.17) is 11.6 Å². The zero-order valence-corrected chi connectivity index (χ0v) is 15.1. The van der Waals surface area contributed by atoms with Gasteiger partial charge in [-0.25, -0.2) is 9.37 Å². The standard InChI is InChI=1S/C20H17ClFN3O2/c21-16-9-14(22)8-13(18(16)26)10-25-7-6-15-17(11-25)23-19(24-20(15)27)12-4-2-1-3-5-12/h1-5,8-9,26H,6-7,10-11H2,(H,23,24,27). The van der Waals surface area contributed by atoms with Crippen LogP contribution >= 0.6 is 11.6 Å². The van der Waals surface area contributed by atoms with E-state index in [0.717, 1.165) is 11.6 Å². The summed E-state index contributed by atoms with van der Waals surface area (Å²) in [6.45, 7) is 1.36. The van der Waals surface area contributed by atoms with Crippen molar-refractivity contribution in [2.45, 2.75) is 19.5 Å². The number of nitrogens with zero attached hydrogens (tertiary/aromatic N) is 2. The van der Waals surface area contributed by atoms with Crippen LogP contribution < -0.4 is 5.56 Å². The van der Waals surface area contributed by atoms with Crippen LogP contribution in [0.2, 0.25) is 5.02 Å². The number of H-pyrrole nitrogens is 1. The largest absolute Gasteiger partial charge is 0.506 e. The average molecular weight is 386 g/mol. The maximum absolute atomic E-state index is 13.6. The lowest BCUT2D eigenvalue weighted by atomic mass is 10.0. The molecule has 2 heterocycles. The van der Waals surface area contributed by atoms with Crippen LogP contribution in [0.4, 0.5) is 4.39 Å². The molecule has 7 heteroatoms. The van der Waals surface area contributed by atoms with Gasteiger partial charge >= 0.3 is 0 Å². The van der Waals surface area contributed by atoms with Crippen LogP contribution in [0.25, 0.3) is 11.4 Å². The smallest absolute Gasteiger partial charge is 0.254 e. The summed E-state index contributed by atoms with van der Waals surface area (Å²) < 4.78 is 13.6. The molecule has 5 nitrogen and oxygen atoms in total. The molecular weight excluding hydrogens is 369 g/mol. The first-order chi connectivity index (χ1) is 13.0. The van der Waals surface area contributed by atoms with E-state index in [0.29, 0.717) is 48.7 Å². The van der Waals surface area contributed by atoms with Gasteiger partial charge in [0.05, 0.1) is 10.7 Å². The maximum Gasteiger partial charge on any atom is 0.254 e. The van der Waals surface area contributed by atoms with Gasteiger partial charge in [-0.15, -0.1) is 0 Å². The van der Waals surface area contributed by atoms with Crippen LogP contribution in [0, 0.1) is 5.82 Å². The van der Waals surface area contributed by atoms with Crippen molar-refractivity contribution in [2.24, 2.45) is 0 Å². The van der Waals surface area contributed by atoms with E-state index in [1.165, 1.54) is 6.07 Å². The lowest BCUT2D eigenvalue weighted by molar-refractivity contribution is 0.237. The minimum atomic E-state index is -0.494. The molecule has 1 aliphatic rings. The number of benzene rings is 2. The molecule has 1 aliphatic heterocycles. The number of rotatable bonds is 3. The van der Waals surface area contributed by atoms with E-state index < -0.39 is 5.82 Å². The fraction of sp³-hybridized carbons (Fsp3) is 0.200. The average Bonchev–Trinajstić information content (AvgIpc) is 2.66. The Bertz CT molecular complexity index is 1050. The zero-order valence-electron chi connectivity index (χ0n) is 14.4. The quantitative estimate of drug-likeness (QED) is 0.724. The minimum Gasteiger partial charge on any atom is -0.506 e. The third-order valence-electron chi connectivity index (χ3n) is 4.70. The van der Waals surface area contributed by atoms with Crippen molar-refractivity contribution in [1.82, 2.24) is 14.9 Å². The molecule has 138 valence electrons. The predicted molar refractivity (Wildman–Crippen MR) is 101 cm³/mol. The fourth-order valence-corrected chi connectivity index (χ4v) is 3.57. The van der Waals surface area contributed by atoms with Crippen LogP contribution in [0.3, 0.4) is 0 Å². The molecule has 4 rings (SSSR count). The third-order valence-corrected chi connectivity index (χ3v) is 4.99. The predicted octanol–water partition coefficient (Wildman–Crippen LogP) is 3.49. The number of halogens is 2. The van der Waals surface area contributed by atoms with E-state index in [-0.39, 0.29) is 16.3 Å². The molecule has 1 aromatic heterocycles. The summed E-state index contributed by atoms with van der Waals surface area (Å²) >= 11 is 5.86. The van der Waals surface area contributed by atoms with Gasteiger partial charge in [-0.05, 0) is 18.6 Å². The van der Waals surface area contributed by atoms with Gasteiger partial charge in [0, 0.05) is 36.3 Å². The van der Waals surface area contributed by atoms with E-state index in [1.807, 2.05) is 35.2 Å². The molecule has 3 aromatic rings. The Kier molecular flexibility index (Phi) is 4.68. The molecule has 0 saturated heterocycles. The van der Waals surface area contributed by atoms with Gasteiger partial charge in [0.25, 0.3) is 5.56 Å². The fourth-order valence-electron chi connectivity index (χ4n) is 3.34. The van der Waals surface area contributed by atoms with Gasteiger partial charge in [-0.2, -0.15) is 0 Å². The van der Waals surface area contributed by atoms with Gasteiger partial charge in [-0.1, -0.05) is 41.9 Å². The van der Waals surface area contributed by atoms with Gasteiger partial charge in [0.1, 0.15) is 17.4 Å². The van der Waals surface area contributed by atoms with E-state index >= 15 is 0 Å². The molecular formula is C20H17ClFN3O2. The highest BCUT2D eigenvalue weighted by molar-refractivity contribution is 6.32. The molecule has 0 spiro atoms. The Morgan fingerprint density at radius 2 is 2.04 bits per heavy atom. The Balaban J connectivity index is 1.63. The van der Waals surface area contributed by atoms with Gasteiger partial charge in [-0.3, -0.25) is 9.69 Å². The topological polar surface area (TPSA) is 69.2 Å². The van der Waals surface area contributed by atoms with Crippen molar-refractivity contribution in [3.05, 3.63) is 80.5 Å². The van der Waals surface area contributed by atoms with Crippen molar-refractivity contribution >= 4 is 11.6 Å². The summed E-state index contributed by atoms with van der Waals surface area (Å²) in [6, 6.07) is 11.8. The maximum atomic E-state index is 13.6. The number of nitrogens with one attached hydrogen (secondary N) is 1. The lowest BCUT2D eigenvalue weighted by Gasteiger charge is -2.28. The molecule has 0 radical (unpaired) electrons. The van der Waals surface area contributed by atoms with Crippen molar-refractivity contribution in [1.29, 1.82) is 0 Å². The van der Waals surface area contributed by atoms with Gasteiger partial charge in [0.15, 0.2) is 0 Å². The number of fused-ring (bicyclic) bond motifs is 1. The molecule has 0 bridgehead atoms. The summed E-state index contributed by atoms with van der Waals surface area (Å²) in [5, 5.41) is 10.1. The molecule has 0 saturated carbocycles. The van der Waals surface area contributed by atoms with Gasteiger partial charge < -0.3 is 10.1 Å². The molecule has 0 aliphatic carbocycles. The molecule has 0 unspecified atom stereocenters. The van der Waals surface area contributed by atoms with Crippen LogP contribution in [0.5, 0.6) is 5.75 Å². The Hall–Kier alpha value is -2.70. The third kappa shape index (κ3) is 3.59. The SMILES string of the molecule is O=c1[nH]c(-c2ccccc2)nc2c1CCN(Cc1cc(F)cc(Cl)c1O)C2. The Morgan fingerprint density at radius 1 is 1.26 bits per heavy atom. The number of aromatic amines is 1. The number of phenols is 1. The van der Waals surface area contributed by atoms with Gasteiger partial charge in [0.2, 0.25) is 0 Å². The lowest BCUT2D eigenvalue weighted by Crippen LogP contribution is -2.35. The summed E-state index contributed by atoms with van der Waals surface area (Å²) in [5.74, 6) is -0.0864. The summed E-state index contributed by atoms with van der Waals surface area (Å²) in [7, 11) is 0. The number of hydrogen-bond acceptors (Lipinski definition) is 4. The Morgan fingerprint density at radius 3 is 2.81 bits per heavy atom. The first kappa shape index (κ1) is 17.7. The van der Waals surface area contributed by atoms with Crippen molar-refractivity contribution in [2.75, 3.05) is 6.54 Å². The first-order valence-corrected chi connectivity index (χ1v) is 8.96. The van der Waals surface area contributed by atoms with Crippen LogP contribution in [0.15, 0.2) is 47.3 Å². The first-order valence-electron chi connectivity index (χ1n) is 8.58. The van der Waals surface area contributed by atoms with Crippen LogP contribution in [-0.2, 0) is 19.5 Å². The molecule has 27 heavy (non-hydrogen) atoms. The second kappa shape index (κ2) is 7.13. The highest BCUT2D eigenvalue weighted by atomic mass is 35.5. The van der Waals surface area contributed by atoms with Crippen LogP contribution in [-0.4, -0.2) is 26.5 Å². The number of aromatic hydroxyl groups is 1. The van der Waals surface area contributed by atoms with Crippen molar-refractivity contribution in [3.8, 4) is 17.1 Å². The van der Waals surface area contributed by atoms with E-state index in [2.05, 4.69) is 9.97 Å². The van der Waals surface area contributed by atoms with Crippen LogP contribution in [0.1, 0.15) is 16.8 Å². The molecule has 0 fully saturated rings. The van der Waals surface area contributed by atoms with Crippen molar-refractivity contribution < 1.29 is 9.50 Å². The number of hydrogen-bond donors (Lipinski definition) is 2. The summed E-state index contributed by atoms with van der Waals surface area (Å²) in [4.78, 5) is 21.9. The number of aromatic nitrogens is 2. The minimum absolute atomic E-state index is 0.0108. The zero-order chi connectivity index (χ0) is 19.0. The number of phenolic OH excluding ortho intramolecular Hbond substituents is 1. The summed E-state index contributed by atoms with van der Waals surface area (Å²) in [5.41, 5.74) is 2.49. The molecule has 0 amide bonds. The normalized spacial score (nSPS) is 14.1. The highest BCUT2D eigenvalue weighted by Crippen LogP contribution is 2.30. The molecule has 2 aromatic carbocycles. The summed E-state index contributed by atoms with van der Waals surface area (Å²) in [6.07, 6.45) is 0.538. The Labute approximate surface area is 160 Å². The van der Waals surface area contributed by atoms with E-state index in [9.17, 15) is 14.3 Å². The second-order valence-electron chi connectivity index (χ2n) is 6.56. The van der Waals surface area contributed by atoms with Crippen molar-refractivity contribution in [3.63, 3.8) is 0 Å².